The molecule has 0 spiro atoms. The van der Waals surface area contributed by atoms with E-state index in [2.05, 4.69) is 5.32 Å². The number of carbonyl (C=O) groups is 1. The van der Waals surface area contributed by atoms with Crippen molar-refractivity contribution in [2.24, 2.45) is 11.7 Å². The highest BCUT2D eigenvalue weighted by atomic mass is 19.1. The van der Waals surface area contributed by atoms with Gasteiger partial charge in [-0.05, 0) is 24.5 Å². The lowest BCUT2D eigenvalue weighted by molar-refractivity contribution is -0.117. The molecular formula is C12H14F2N2O. The molecule has 0 unspecified atom stereocenters. The van der Waals surface area contributed by atoms with E-state index in [1.54, 1.807) is 0 Å². The first-order valence-corrected chi connectivity index (χ1v) is 5.58. The quantitative estimate of drug-likeness (QED) is 0.846. The van der Waals surface area contributed by atoms with Gasteiger partial charge in [0.05, 0.1) is 11.7 Å². The van der Waals surface area contributed by atoms with Crippen LogP contribution in [0.4, 0.5) is 14.5 Å². The van der Waals surface area contributed by atoms with E-state index in [4.69, 9.17) is 5.73 Å². The van der Waals surface area contributed by atoms with E-state index in [0.717, 1.165) is 25.0 Å². The highest BCUT2D eigenvalue weighted by Crippen LogP contribution is 2.33. The Morgan fingerprint density at radius 3 is 2.76 bits per heavy atom. The molecule has 0 heterocycles. The second-order valence-electron chi connectivity index (χ2n) is 4.40. The van der Waals surface area contributed by atoms with Crippen LogP contribution < -0.4 is 11.1 Å². The molecule has 1 aromatic carbocycles. The number of nitrogens with one attached hydrogen (secondary N) is 1. The fraction of sp³-hybridized carbons (Fsp3) is 0.417. The zero-order valence-electron chi connectivity index (χ0n) is 9.25. The van der Waals surface area contributed by atoms with Gasteiger partial charge in [-0.1, -0.05) is 12.8 Å². The van der Waals surface area contributed by atoms with Gasteiger partial charge in [0.25, 0.3) is 0 Å². The van der Waals surface area contributed by atoms with Gasteiger partial charge in [0, 0.05) is 6.07 Å². The van der Waals surface area contributed by atoms with E-state index in [1.165, 1.54) is 6.07 Å². The van der Waals surface area contributed by atoms with E-state index in [9.17, 15) is 13.6 Å². The van der Waals surface area contributed by atoms with Gasteiger partial charge >= 0.3 is 0 Å². The van der Waals surface area contributed by atoms with Crippen LogP contribution >= 0.6 is 0 Å². The summed E-state index contributed by atoms with van der Waals surface area (Å²) in [5.41, 5.74) is 5.64. The number of amides is 1. The summed E-state index contributed by atoms with van der Waals surface area (Å²) >= 11 is 0. The first kappa shape index (κ1) is 12.0. The fourth-order valence-corrected chi connectivity index (χ4v) is 1.64. The van der Waals surface area contributed by atoms with Crippen LogP contribution in [0.5, 0.6) is 0 Å². The number of benzene rings is 1. The predicted octanol–water partition coefficient (Wildman–Crippen LogP) is 2.03. The maximum absolute atomic E-state index is 13.3. The maximum Gasteiger partial charge on any atom is 0.241 e. The minimum absolute atomic E-state index is 0.0392. The predicted molar refractivity (Wildman–Crippen MR) is 60.3 cm³/mol. The average molecular weight is 240 g/mol. The van der Waals surface area contributed by atoms with Crippen molar-refractivity contribution < 1.29 is 13.6 Å². The molecule has 1 fully saturated rings. The number of rotatable bonds is 4. The molecule has 17 heavy (non-hydrogen) atoms. The Morgan fingerprint density at radius 1 is 1.47 bits per heavy atom. The molecule has 0 aliphatic heterocycles. The summed E-state index contributed by atoms with van der Waals surface area (Å²) in [7, 11) is 0. The van der Waals surface area contributed by atoms with Crippen LogP contribution in [0.25, 0.3) is 0 Å². The molecule has 0 aromatic heterocycles. The van der Waals surface area contributed by atoms with E-state index in [1.807, 2.05) is 0 Å². The van der Waals surface area contributed by atoms with Crippen molar-refractivity contribution in [3.05, 3.63) is 29.8 Å². The van der Waals surface area contributed by atoms with Gasteiger partial charge in [-0.25, -0.2) is 8.78 Å². The van der Waals surface area contributed by atoms with E-state index >= 15 is 0 Å². The summed E-state index contributed by atoms with van der Waals surface area (Å²) in [6, 6.07) is 2.37. The topological polar surface area (TPSA) is 55.1 Å². The molecule has 5 heteroatoms. The lowest BCUT2D eigenvalue weighted by Crippen LogP contribution is -2.36. The lowest BCUT2D eigenvalue weighted by Gasteiger charge is -2.12. The van der Waals surface area contributed by atoms with Crippen molar-refractivity contribution in [1.82, 2.24) is 0 Å². The van der Waals surface area contributed by atoms with E-state index in [0.29, 0.717) is 12.3 Å². The van der Waals surface area contributed by atoms with Gasteiger partial charge in [0.1, 0.15) is 11.6 Å². The van der Waals surface area contributed by atoms with Crippen molar-refractivity contribution in [2.75, 3.05) is 5.32 Å². The van der Waals surface area contributed by atoms with Gasteiger partial charge in [-0.15, -0.1) is 0 Å². The molecule has 0 saturated heterocycles. The minimum Gasteiger partial charge on any atom is -0.322 e. The number of hydrogen-bond donors (Lipinski definition) is 2. The molecule has 2 rings (SSSR count). The summed E-state index contributed by atoms with van der Waals surface area (Å²) in [4.78, 5) is 11.6. The Bertz CT molecular complexity index is 433. The highest BCUT2D eigenvalue weighted by Gasteiger charge is 2.27. The van der Waals surface area contributed by atoms with Gasteiger partial charge in [0.2, 0.25) is 5.91 Å². The summed E-state index contributed by atoms with van der Waals surface area (Å²) in [6.45, 7) is 0. The molecule has 3 nitrogen and oxygen atoms in total. The second-order valence-corrected chi connectivity index (χ2v) is 4.40. The largest absolute Gasteiger partial charge is 0.322 e. The van der Waals surface area contributed by atoms with Crippen LogP contribution in [0.15, 0.2) is 18.2 Å². The molecule has 0 bridgehead atoms. The first-order chi connectivity index (χ1) is 8.06. The summed E-state index contributed by atoms with van der Waals surface area (Å²) < 4.78 is 25.9. The number of hydrogen-bond acceptors (Lipinski definition) is 2. The highest BCUT2D eigenvalue weighted by molar-refractivity contribution is 5.94. The van der Waals surface area contributed by atoms with Crippen molar-refractivity contribution in [2.45, 2.75) is 25.3 Å². The lowest BCUT2D eigenvalue weighted by atomic mass is 10.1. The molecule has 1 amide bonds. The van der Waals surface area contributed by atoms with Crippen LogP contribution in [-0.2, 0) is 4.79 Å². The summed E-state index contributed by atoms with van der Waals surface area (Å²) in [5, 5.41) is 2.36. The van der Waals surface area contributed by atoms with Crippen LogP contribution in [0.2, 0.25) is 0 Å². The van der Waals surface area contributed by atoms with Crippen LogP contribution in [0, 0.1) is 17.6 Å². The molecule has 1 aromatic rings. The summed E-state index contributed by atoms with van der Waals surface area (Å²) in [5.74, 6) is -1.38. The van der Waals surface area contributed by atoms with Gasteiger partial charge in [-0.2, -0.15) is 0 Å². The number of anilines is 1. The summed E-state index contributed by atoms with van der Waals surface area (Å²) in [6.07, 6.45) is 2.83. The minimum atomic E-state index is -0.794. The van der Waals surface area contributed by atoms with Gasteiger partial charge < -0.3 is 11.1 Å². The Balaban J connectivity index is 1.96. The Hall–Kier alpha value is -1.49. The zero-order chi connectivity index (χ0) is 12.4. The monoisotopic (exact) mass is 240 g/mol. The van der Waals surface area contributed by atoms with Crippen LogP contribution in [0.1, 0.15) is 19.3 Å². The zero-order valence-corrected chi connectivity index (χ0v) is 9.25. The Kier molecular flexibility index (Phi) is 3.38. The van der Waals surface area contributed by atoms with Crippen LogP contribution in [0.3, 0.4) is 0 Å². The molecular weight excluding hydrogens is 226 g/mol. The van der Waals surface area contributed by atoms with Crippen molar-refractivity contribution in [3.63, 3.8) is 0 Å². The molecule has 1 atom stereocenters. The Morgan fingerprint density at radius 2 is 2.18 bits per heavy atom. The van der Waals surface area contributed by atoms with Gasteiger partial charge in [-0.3, -0.25) is 4.79 Å². The van der Waals surface area contributed by atoms with E-state index in [-0.39, 0.29) is 5.69 Å². The SMILES string of the molecule is N[C@@H](CC1CC1)C(=O)Nc1ccc(F)cc1F. The first-order valence-electron chi connectivity index (χ1n) is 5.58. The smallest absolute Gasteiger partial charge is 0.241 e. The maximum atomic E-state index is 13.3. The fourth-order valence-electron chi connectivity index (χ4n) is 1.64. The van der Waals surface area contributed by atoms with Crippen LogP contribution in [-0.4, -0.2) is 11.9 Å². The molecule has 1 saturated carbocycles. The van der Waals surface area contributed by atoms with Crippen molar-refractivity contribution in [3.8, 4) is 0 Å². The third-order valence-corrected chi connectivity index (χ3v) is 2.81. The standard InChI is InChI=1S/C12H14F2N2O/c13-8-3-4-11(9(14)6-8)16-12(17)10(15)5-7-1-2-7/h3-4,6-7,10H,1-2,5,15H2,(H,16,17)/t10-/m0/s1. The number of carbonyl (C=O) groups excluding carboxylic acids is 1. The molecule has 3 N–H and O–H groups in total. The number of halogens is 2. The molecule has 1 aliphatic rings. The molecule has 92 valence electrons. The normalized spacial score (nSPS) is 16.6. The number of nitrogens with two attached hydrogens (primary N) is 1. The van der Waals surface area contributed by atoms with Crippen molar-refractivity contribution in [1.29, 1.82) is 0 Å². The van der Waals surface area contributed by atoms with E-state index < -0.39 is 23.6 Å². The van der Waals surface area contributed by atoms with Gasteiger partial charge in [0.15, 0.2) is 0 Å². The second kappa shape index (κ2) is 4.79. The average Bonchev–Trinajstić information content (AvgIpc) is 3.06. The molecule has 1 aliphatic carbocycles. The van der Waals surface area contributed by atoms with Crippen molar-refractivity contribution >= 4 is 11.6 Å². The Labute approximate surface area is 98.0 Å². The third kappa shape index (κ3) is 3.23. The molecule has 0 radical (unpaired) electrons. The third-order valence-electron chi connectivity index (χ3n) is 2.81.